The molecular weight excluding hydrogens is 841 g/mol. The fourth-order valence-electron chi connectivity index (χ4n) is 7.30. The van der Waals surface area contributed by atoms with Crippen molar-refractivity contribution in [3.05, 3.63) is 109 Å². The van der Waals surface area contributed by atoms with E-state index in [1.807, 2.05) is 0 Å². The maximum absolute atomic E-state index is 12.8. The summed E-state index contributed by atoms with van der Waals surface area (Å²) in [4.78, 5) is 38.1. The number of allylic oxidation sites excluding steroid dienone is 18. The summed E-state index contributed by atoms with van der Waals surface area (Å²) < 4.78 is 16.8. The Morgan fingerprint density at radius 3 is 1.00 bits per heavy atom. The van der Waals surface area contributed by atoms with E-state index in [2.05, 4.69) is 130 Å². The van der Waals surface area contributed by atoms with Gasteiger partial charge in [0.15, 0.2) is 6.10 Å². The quantitative estimate of drug-likeness (QED) is 0.0262. The van der Waals surface area contributed by atoms with Gasteiger partial charge in [-0.1, -0.05) is 214 Å². The molecule has 0 aromatic heterocycles. The Bertz CT molecular complexity index is 1410. The van der Waals surface area contributed by atoms with Crippen molar-refractivity contribution >= 4 is 17.9 Å². The first-order chi connectivity index (χ1) is 33.5. The molecule has 0 aromatic carbocycles. The van der Waals surface area contributed by atoms with Crippen LogP contribution >= 0.6 is 0 Å². The van der Waals surface area contributed by atoms with Crippen LogP contribution in [0.15, 0.2) is 109 Å². The summed E-state index contributed by atoms with van der Waals surface area (Å²) in [7, 11) is 0. The number of unbranched alkanes of at least 4 members (excludes halogenated alkanes) is 20. The van der Waals surface area contributed by atoms with Crippen LogP contribution in [0.2, 0.25) is 0 Å². The minimum Gasteiger partial charge on any atom is -0.462 e. The largest absolute Gasteiger partial charge is 0.462 e. The van der Waals surface area contributed by atoms with Crippen molar-refractivity contribution in [2.75, 3.05) is 13.2 Å². The summed E-state index contributed by atoms with van der Waals surface area (Å²) in [5.74, 6) is -1.00. The topological polar surface area (TPSA) is 78.9 Å². The van der Waals surface area contributed by atoms with Gasteiger partial charge in [0.05, 0.1) is 0 Å². The van der Waals surface area contributed by atoms with E-state index in [0.717, 1.165) is 116 Å². The number of hydrogen-bond donors (Lipinski definition) is 0. The highest BCUT2D eigenvalue weighted by molar-refractivity contribution is 5.71. The number of ether oxygens (including phenoxy) is 3. The first-order valence-electron chi connectivity index (χ1n) is 27.9. The van der Waals surface area contributed by atoms with Crippen molar-refractivity contribution in [3.8, 4) is 0 Å². The number of carbonyl (C=O) groups is 3. The molecule has 0 radical (unpaired) electrons. The fourth-order valence-corrected chi connectivity index (χ4v) is 7.30. The van der Waals surface area contributed by atoms with Crippen molar-refractivity contribution in [1.29, 1.82) is 0 Å². The van der Waals surface area contributed by atoms with E-state index in [4.69, 9.17) is 14.2 Å². The maximum atomic E-state index is 12.8. The van der Waals surface area contributed by atoms with Gasteiger partial charge in [0, 0.05) is 19.3 Å². The molecule has 0 unspecified atom stereocenters. The number of rotatable bonds is 49. The second-order valence-corrected chi connectivity index (χ2v) is 18.1. The summed E-state index contributed by atoms with van der Waals surface area (Å²) in [6.07, 6.45) is 75.0. The monoisotopic (exact) mass is 943 g/mol. The number of hydrogen-bond acceptors (Lipinski definition) is 6. The van der Waals surface area contributed by atoms with Gasteiger partial charge >= 0.3 is 17.9 Å². The standard InChI is InChI=1S/C62H102O6/c1-4-7-10-13-16-19-22-25-28-31-34-37-40-43-46-49-52-55-61(64)67-58-59(57-66-60(63)54-51-48-45-42-39-36-33-30-27-24-21-18-15-12-9-6-3)68-62(65)56-53-50-47-44-41-38-35-32-29-26-23-20-17-14-11-8-5-2/h7,10,16-17,19-20,25-26,28-30,33-35,37-38,43,46,59H,4-6,8-9,11-15,18,21-24,27,31-32,36,39-42,44-45,47-58H2,1-3H3/b10-7-,19-16-,20-17-,28-25-,29-26-,33-30-,37-34-,38-35-,46-43-/t59-/m1/s1. The summed E-state index contributed by atoms with van der Waals surface area (Å²) >= 11 is 0. The molecule has 0 saturated heterocycles. The van der Waals surface area contributed by atoms with Crippen LogP contribution in [0.4, 0.5) is 0 Å². The van der Waals surface area contributed by atoms with Crippen LogP contribution in [0.1, 0.15) is 245 Å². The SMILES string of the molecule is CC/C=C\C/C=C\C/C=C\C/C=C\C/C=C\CCCC(=O)OC[C@@H](COC(=O)CCCCCCC/C=C\CCCCCCCCC)OC(=O)CCCCCC/C=C\C/C=C\C/C=C\CCCCC. The summed E-state index contributed by atoms with van der Waals surface area (Å²) in [6.45, 7) is 6.42. The molecule has 0 rings (SSSR count). The lowest BCUT2D eigenvalue weighted by Gasteiger charge is -2.18. The third kappa shape index (κ3) is 53.0. The predicted octanol–water partition coefficient (Wildman–Crippen LogP) is 18.7. The molecular formula is C62H102O6. The summed E-state index contributed by atoms with van der Waals surface area (Å²) in [5, 5.41) is 0. The Morgan fingerprint density at radius 2 is 0.588 bits per heavy atom. The highest BCUT2D eigenvalue weighted by Gasteiger charge is 2.19. The molecule has 0 saturated carbocycles. The second kappa shape index (κ2) is 55.7. The van der Waals surface area contributed by atoms with Gasteiger partial charge < -0.3 is 14.2 Å². The number of carbonyl (C=O) groups excluding carboxylic acids is 3. The van der Waals surface area contributed by atoms with Gasteiger partial charge in [-0.05, 0) is 122 Å². The molecule has 0 heterocycles. The maximum Gasteiger partial charge on any atom is 0.306 e. The molecule has 1 atom stereocenters. The molecule has 386 valence electrons. The molecule has 0 spiro atoms. The van der Waals surface area contributed by atoms with Crippen LogP contribution in [0.3, 0.4) is 0 Å². The van der Waals surface area contributed by atoms with Crippen molar-refractivity contribution in [2.24, 2.45) is 0 Å². The van der Waals surface area contributed by atoms with E-state index in [0.29, 0.717) is 12.8 Å². The minimum atomic E-state index is -0.818. The number of esters is 3. The second-order valence-electron chi connectivity index (χ2n) is 18.1. The smallest absolute Gasteiger partial charge is 0.306 e. The average molecular weight is 943 g/mol. The minimum absolute atomic E-state index is 0.111. The lowest BCUT2D eigenvalue weighted by Crippen LogP contribution is -2.30. The highest BCUT2D eigenvalue weighted by atomic mass is 16.6. The van der Waals surface area contributed by atoms with E-state index in [-0.39, 0.29) is 44.0 Å². The molecule has 0 aromatic rings. The van der Waals surface area contributed by atoms with E-state index in [9.17, 15) is 14.4 Å². The van der Waals surface area contributed by atoms with E-state index in [1.54, 1.807) is 0 Å². The van der Waals surface area contributed by atoms with Crippen molar-refractivity contribution in [2.45, 2.75) is 252 Å². The van der Waals surface area contributed by atoms with Crippen molar-refractivity contribution in [1.82, 2.24) is 0 Å². The van der Waals surface area contributed by atoms with Crippen LogP contribution in [0.25, 0.3) is 0 Å². The van der Waals surface area contributed by atoms with Crippen molar-refractivity contribution < 1.29 is 28.6 Å². The van der Waals surface area contributed by atoms with Crippen LogP contribution in [-0.4, -0.2) is 37.2 Å². The van der Waals surface area contributed by atoms with Gasteiger partial charge in [-0.25, -0.2) is 0 Å². The molecule has 0 amide bonds. The Balaban J connectivity index is 4.54. The normalized spacial score (nSPS) is 12.9. The molecule has 6 heteroatoms. The van der Waals surface area contributed by atoms with Gasteiger partial charge in [0.1, 0.15) is 13.2 Å². The first-order valence-corrected chi connectivity index (χ1v) is 27.9. The molecule has 0 fully saturated rings. The lowest BCUT2D eigenvalue weighted by molar-refractivity contribution is -0.167. The molecule has 0 bridgehead atoms. The van der Waals surface area contributed by atoms with E-state index < -0.39 is 6.10 Å². The van der Waals surface area contributed by atoms with Gasteiger partial charge in [0.25, 0.3) is 0 Å². The molecule has 68 heavy (non-hydrogen) atoms. The van der Waals surface area contributed by atoms with Crippen molar-refractivity contribution in [3.63, 3.8) is 0 Å². The zero-order valence-electron chi connectivity index (χ0n) is 44.1. The van der Waals surface area contributed by atoms with Crippen LogP contribution < -0.4 is 0 Å². The molecule has 6 nitrogen and oxygen atoms in total. The highest BCUT2D eigenvalue weighted by Crippen LogP contribution is 2.13. The fraction of sp³-hybridized carbons (Fsp3) is 0.661. The lowest BCUT2D eigenvalue weighted by atomic mass is 10.1. The van der Waals surface area contributed by atoms with E-state index in [1.165, 1.54) is 83.5 Å². The zero-order valence-corrected chi connectivity index (χ0v) is 44.1. The zero-order chi connectivity index (χ0) is 49.3. The summed E-state index contributed by atoms with van der Waals surface area (Å²) in [5.41, 5.74) is 0. The van der Waals surface area contributed by atoms with Crippen LogP contribution in [0, 0.1) is 0 Å². The van der Waals surface area contributed by atoms with Gasteiger partial charge in [-0.3, -0.25) is 14.4 Å². The van der Waals surface area contributed by atoms with E-state index >= 15 is 0 Å². The Hall–Kier alpha value is -3.93. The van der Waals surface area contributed by atoms with Gasteiger partial charge in [-0.15, -0.1) is 0 Å². The van der Waals surface area contributed by atoms with Gasteiger partial charge in [-0.2, -0.15) is 0 Å². The average Bonchev–Trinajstić information content (AvgIpc) is 3.34. The summed E-state index contributed by atoms with van der Waals surface area (Å²) in [6, 6.07) is 0. The van der Waals surface area contributed by atoms with Crippen LogP contribution in [0.5, 0.6) is 0 Å². The third-order valence-corrected chi connectivity index (χ3v) is 11.5. The molecule has 0 aliphatic carbocycles. The Labute approximate surface area is 419 Å². The predicted molar refractivity (Wildman–Crippen MR) is 293 cm³/mol. The molecule has 0 N–H and O–H groups in total. The third-order valence-electron chi connectivity index (χ3n) is 11.5. The Kier molecular flexibility index (Phi) is 52.4. The van der Waals surface area contributed by atoms with Gasteiger partial charge in [0.2, 0.25) is 0 Å². The molecule has 0 aliphatic heterocycles. The molecule has 0 aliphatic rings. The Morgan fingerprint density at radius 1 is 0.309 bits per heavy atom. The first kappa shape index (κ1) is 64.1. The van der Waals surface area contributed by atoms with Crippen LogP contribution in [-0.2, 0) is 28.6 Å².